The summed E-state index contributed by atoms with van der Waals surface area (Å²) in [4.78, 5) is 0.317. The van der Waals surface area contributed by atoms with Gasteiger partial charge in [0.2, 0.25) is 10.0 Å². The number of aryl methyl sites for hydroxylation is 1. The lowest BCUT2D eigenvalue weighted by Gasteiger charge is -2.22. The second-order valence-corrected chi connectivity index (χ2v) is 8.02. The van der Waals surface area contributed by atoms with Crippen LogP contribution in [-0.2, 0) is 10.0 Å². The third kappa shape index (κ3) is 3.96. The van der Waals surface area contributed by atoms with Crippen molar-refractivity contribution in [1.82, 2.24) is 4.72 Å². The maximum absolute atomic E-state index is 12.5. The van der Waals surface area contributed by atoms with E-state index in [0.29, 0.717) is 10.5 Å². The molecule has 0 bridgehead atoms. The number of benzene rings is 1. The van der Waals surface area contributed by atoms with Gasteiger partial charge in [0.05, 0.1) is 12.0 Å². The molecule has 5 heteroatoms. The number of ether oxygens (including phenoxy) is 1. The van der Waals surface area contributed by atoms with Gasteiger partial charge in [-0.1, -0.05) is 13.8 Å². The van der Waals surface area contributed by atoms with E-state index in [0.717, 1.165) is 11.3 Å². The summed E-state index contributed by atoms with van der Waals surface area (Å²) < 4.78 is 33.0. The van der Waals surface area contributed by atoms with Crippen molar-refractivity contribution in [3.8, 4) is 5.75 Å². The van der Waals surface area contributed by atoms with Crippen LogP contribution < -0.4 is 9.46 Å². The Morgan fingerprint density at radius 3 is 2.15 bits per heavy atom. The van der Waals surface area contributed by atoms with Crippen LogP contribution >= 0.6 is 0 Å². The normalized spacial score (nSPS) is 12.8. The number of sulfonamides is 1. The standard InChI is InChI=1S/C15H25NO3S/c1-10(2)12-9-14(11(3)8-13(12)19-7)20(17,18)16-15(4,5)6/h8-10,16H,1-7H3. The Hall–Kier alpha value is -1.07. The lowest BCUT2D eigenvalue weighted by Crippen LogP contribution is -2.40. The summed E-state index contributed by atoms with van der Waals surface area (Å²) in [5.74, 6) is 0.918. The molecule has 0 heterocycles. The van der Waals surface area contributed by atoms with E-state index in [-0.39, 0.29) is 5.92 Å². The molecule has 0 aliphatic carbocycles. The Kier molecular flexibility index (Phi) is 4.87. The minimum Gasteiger partial charge on any atom is -0.496 e. The number of rotatable bonds is 4. The molecule has 0 saturated heterocycles. The van der Waals surface area contributed by atoms with Crippen LogP contribution in [0.4, 0.5) is 0 Å². The van der Waals surface area contributed by atoms with E-state index in [9.17, 15) is 8.42 Å². The molecule has 1 N–H and O–H groups in total. The van der Waals surface area contributed by atoms with Gasteiger partial charge in [-0.15, -0.1) is 0 Å². The zero-order valence-electron chi connectivity index (χ0n) is 13.4. The van der Waals surface area contributed by atoms with Crippen molar-refractivity contribution in [3.05, 3.63) is 23.3 Å². The van der Waals surface area contributed by atoms with E-state index >= 15 is 0 Å². The fraction of sp³-hybridized carbons (Fsp3) is 0.600. The number of methoxy groups -OCH3 is 1. The van der Waals surface area contributed by atoms with Crippen molar-refractivity contribution in [3.63, 3.8) is 0 Å². The van der Waals surface area contributed by atoms with Gasteiger partial charge in [-0.25, -0.2) is 13.1 Å². The molecule has 0 aliphatic rings. The molecule has 0 atom stereocenters. The Balaban J connectivity index is 3.43. The zero-order chi connectivity index (χ0) is 15.7. The van der Waals surface area contributed by atoms with Crippen molar-refractivity contribution in [2.75, 3.05) is 7.11 Å². The SMILES string of the molecule is COc1cc(C)c(S(=O)(=O)NC(C)(C)C)cc1C(C)C. The maximum Gasteiger partial charge on any atom is 0.241 e. The van der Waals surface area contributed by atoms with E-state index < -0.39 is 15.6 Å². The molecule has 0 amide bonds. The Morgan fingerprint density at radius 2 is 1.75 bits per heavy atom. The van der Waals surface area contributed by atoms with E-state index in [1.165, 1.54) is 0 Å². The van der Waals surface area contributed by atoms with Crippen LogP contribution in [0.3, 0.4) is 0 Å². The summed E-state index contributed by atoms with van der Waals surface area (Å²) in [7, 11) is -1.94. The smallest absolute Gasteiger partial charge is 0.241 e. The molecule has 20 heavy (non-hydrogen) atoms. The highest BCUT2D eigenvalue weighted by molar-refractivity contribution is 7.89. The van der Waals surface area contributed by atoms with E-state index in [2.05, 4.69) is 4.72 Å². The van der Waals surface area contributed by atoms with Gasteiger partial charge in [-0.2, -0.15) is 0 Å². The van der Waals surface area contributed by atoms with Crippen molar-refractivity contribution >= 4 is 10.0 Å². The quantitative estimate of drug-likeness (QED) is 0.929. The summed E-state index contributed by atoms with van der Waals surface area (Å²) in [6.07, 6.45) is 0. The molecule has 0 fully saturated rings. The molecule has 0 spiro atoms. The topological polar surface area (TPSA) is 55.4 Å². The molecule has 114 valence electrons. The molecule has 1 rings (SSSR count). The minimum atomic E-state index is -3.54. The molecule has 0 radical (unpaired) electrons. The van der Waals surface area contributed by atoms with Gasteiger partial charge in [-0.3, -0.25) is 0 Å². The summed E-state index contributed by atoms with van der Waals surface area (Å²) >= 11 is 0. The van der Waals surface area contributed by atoms with Crippen LogP contribution in [0.2, 0.25) is 0 Å². The number of hydrogen-bond acceptors (Lipinski definition) is 3. The molecule has 0 aliphatic heterocycles. The first-order chi connectivity index (χ1) is 8.98. The monoisotopic (exact) mass is 299 g/mol. The Bertz CT molecular complexity index is 584. The van der Waals surface area contributed by atoms with Crippen molar-refractivity contribution in [2.45, 2.75) is 57.9 Å². The first-order valence-electron chi connectivity index (χ1n) is 6.70. The average Bonchev–Trinajstić information content (AvgIpc) is 2.24. The minimum absolute atomic E-state index is 0.189. The number of nitrogens with one attached hydrogen (secondary N) is 1. The lowest BCUT2D eigenvalue weighted by molar-refractivity contribution is 0.406. The average molecular weight is 299 g/mol. The van der Waals surface area contributed by atoms with Gasteiger partial charge in [0.15, 0.2) is 0 Å². The van der Waals surface area contributed by atoms with Crippen molar-refractivity contribution in [1.29, 1.82) is 0 Å². The van der Waals surface area contributed by atoms with E-state index in [1.54, 1.807) is 26.2 Å². The Labute approximate surface area is 122 Å². The van der Waals surface area contributed by atoms with Gasteiger partial charge < -0.3 is 4.74 Å². The molecular formula is C15H25NO3S. The van der Waals surface area contributed by atoms with Crippen LogP contribution in [0, 0.1) is 6.92 Å². The first kappa shape index (κ1) is 17.0. The third-order valence-corrected chi connectivity index (χ3v) is 4.78. The van der Waals surface area contributed by atoms with Crippen molar-refractivity contribution < 1.29 is 13.2 Å². The predicted molar refractivity (Wildman–Crippen MR) is 81.9 cm³/mol. The molecule has 1 aromatic rings. The summed E-state index contributed by atoms with van der Waals surface area (Å²) in [6, 6.07) is 3.50. The summed E-state index contributed by atoms with van der Waals surface area (Å²) in [6.45, 7) is 11.3. The predicted octanol–water partition coefficient (Wildman–Crippen LogP) is 3.20. The highest BCUT2D eigenvalue weighted by Gasteiger charge is 2.25. The molecule has 0 saturated carbocycles. The third-order valence-electron chi connectivity index (χ3n) is 2.88. The molecule has 0 aromatic heterocycles. The molecular weight excluding hydrogens is 274 g/mol. The van der Waals surface area contributed by atoms with Crippen LogP contribution in [0.25, 0.3) is 0 Å². The Morgan fingerprint density at radius 1 is 1.20 bits per heavy atom. The summed E-state index contributed by atoms with van der Waals surface area (Å²) in [5, 5.41) is 0. The first-order valence-corrected chi connectivity index (χ1v) is 8.19. The zero-order valence-corrected chi connectivity index (χ0v) is 14.2. The second kappa shape index (κ2) is 5.74. The molecule has 0 unspecified atom stereocenters. The van der Waals surface area contributed by atoms with Gasteiger partial charge in [0.1, 0.15) is 5.75 Å². The van der Waals surface area contributed by atoms with Crippen LogP contribution in [0.5, 0.6) is 5.75 Å². The van der Waals surface area contributed by atoms with Gasteiger partial charge >= 0.3 is 0 Å². The number of hydrogen-bond donors (Lipinski definition) is 1. The van der Waals surface area contributed by atoms with Gasteiger partial charge in [0, 0.05) is 5.54 Å². The fourth-order valence-electron chi connectivity index (χ4n) is 2.05. The van der Waals surface area contributed by atoms with Crippen LogP contribution in [-0.4, -0.2) is 21.1 Å². The highest BCUT2D eigenvalue weighted by atomic mass is 32.2. The van der Waals surface area contributed by atoms with E-state index in [1.807, 2.05) is 34.6 Å². The highest BCUT2D eigenvalue weighted by Crippen LogP contribution is 2.31. The van der Waals surface area contributed by atoms with E-state index in [4.69, 9.17) is 4.74 Å². The fourth-order valence-corrected chi connectivity index (χ4v) is 3.73. The van der Waals surface area contributed by atoms with Crippen molar-refractivity contribution in [2.24, 2.45) is 0 Å². The van der Waals surface area contributed by atoms with Gasteiger partial charge in [-0.05, 0) is 56.9 Å². The van der Waals surface area contributed by atoms with Crippen LogP contribution in [0.1, 0.15) is 51.7 Å². The largest absolute Gasteiger partial charge is 0.496 e. The van der Waals surface area contributed by atoms with Crippen LogP contribution in [0.15, 0.2) is 17.0 Å². The lowest BCUT2D eigenvalue weighted by atomic mass is 10.0. The van der Waals surface area contributed by atoms with Gasteiger partial charge in [0.25, 0.3) is 0 Å². The molecule has 4 nitrogen and oxygen atoms in total. The summed E-state index contributed by atoms with van der Waals surface area (Å²) in [5.41, 5.74) is 1.07. The maximum atomic E-state index is 12.5. The molecule has 1 aromatic carbocycles. The second-order valence-electron chi connectivity index (χ2n) is 6.37.